The highest BCUT2D eigenvalue weighted by Gasteiger charge is 2.48. The fourth-order valence-corrected chi connectivity index (χ4v) is 6.36. The van der Waals surface area contributed by atoms with Crippen molar-refractivity contribution in [2.24, 2.45) is 22.6 Å². The van der Waals surface area contributed by atoms with Crippen molar-refractivity contribution in [2.45, 2.75) is 88.6 Å². The lowest BCUT2D eigenvalue weighted by Crippen LogP contribution is -2.45. The maximum Gasteiger partial charge on any atom is 0.319 e. The molecule has 1 aromatic rings. The van der Waals surface area contributed by atoms with Gasteiger partial charge in [0.15, 0.2) is 5.96 Å². The molecule has 2 saturated carbocycles. The number of nitrogens with zero attached hydrogens (tertiary/aromatic N) is 3. The Morgan fingerprint density at radius 1 is 1.08 bits per heavy atom. The van der Waals surface area contributed by atoms with Crippen LogP contribution in [0.15, 0.2) is 29.3 Å². The minimum absolute atomic E-state index is 0.0461. The Kier molecular flexibility index (Phi) is 8.42. The molecule has 3 atom stereocenters. The molecule has 0 spiro atoms. The number of aliphatic imine (C=N–C) groups is 1. The standard InChI is InChI=1S/C28H44N6O2/c1-33(2)24-14-12-22(13-15-24)30-27(36)31-23-11-7-10-21(18-23)19-28(25(35)34(3)26(29)32-28)17-16-20-8-5-4-6-9-20/h12-15,20-21,23H,4-11,16-19H2,1-3H3,(H2,29,32)(H2,30,31,36)/t21-,23+,28+/m0/s1. The van der Waals surface area contributed by atoms with E-state index in [0.717, 1.165) is 56.3 Å². The van der Waals surface area contributed by atoms with E-state index in [1.54, 1.807) is 7.05 Å². The molecular weight excluding hydrogens is 452 g/mol. The molecule has 8 heteroatoms. The first-order valence-electron chi connectivity index (χ1n) is 13.7. The smallest absolute Gasteiger partial charge is 0.319 e. The summed E-state index contributed by atoms with van der Waals surface area (Å²) in [5.74, 6) is 1.42. The predicted octanol–water partition coefficient (Wildman–Crippen LogP) is 4.71. The van der Waals surface area contributed by atoms with E-state index in [9.17, 15) is 9.59 Å². The largest absolute Gasteiger partial charge is 0.378 e. The average molecular weight is 497 g/mol. The number of amides is 3. The average Bonchev–Trinajstić information content (AvgIpc) is 3.07. The monoisotopic (exact) mass is 496 g/mol. The number of rotatable bonds is 8. The van der Waals surface area contributed by atoms with Crippen LogP contribution in [-0.4, -0.2) is 55.5 Å². The van der Waals surface area contributed by atoms with Gasteiger partial charge in [0.05, 0.1) is 0 Å². The first-order chi connectivity index (χ1) is 17.3. The van der Waals surface area contributed by atoms with E-state index in [1.807, 2.05) is 43.3 Å². The van der Waals surface area contributed by atoms with E-state index in [2.05, 4.69) is 10.6 Å². The molecule has 0 bridgehead atoms. The molecule has 4 rings (SSSR count). The van der Waals surface area contributed by atoms with Gasteiger partial charge in [-0.2, -0.15) is 0 Å². The van der Waals surface area contributed by atoms with E-state index in [4.69, 9.17) is 10.7 Å². The van der Waals surface area contributed by atoms with Gasteiger partial charge < -0.3 is 21.3 Å². The second-order valence-corrected chi connectivity index (χ2v) is 11.4. The fourth-order valence-electron chi connectivity index (χ4n) is 6.36. The number of benzene rings is 1. The van der Waals surface area contributed by atoms with Crippen LogP contribution in [0.25, 0.3) is 0 Å². The summed E-state index contributed by atoms with van der Waals surface area (Å²) in [5, 5.41) is 6.13. The van der Waals surface area contributed by atoms with Crippen molar-refractivity contribution < 1.29 is 9.59 Å². The van der Waals surface area contributed by atoms with Crippen molar-refractivity contribution in [3.05, 3.63) is 24.3 Å². The molecule has 0 unspecified atom stereocenters. The Bertz CT molecular complexity index is 940. The van der Waals surface area contributed by atoms with Crippen LogP contribution in [0.1, 0.15) is 77.0 Å². The number of nitrogens with one attached hydrogen (secondary N) is 2. The number of carbonyl (C=O) groups excluding carboxylic acids is 2. The van der Waals surface area contributed by atoms with Gasteiger partial charge in [0.2, 0.25) is 0 Å². The molecule has 0 aromatic heterocycles. The Hall–Kier alpha value is -2.77. The van der Waals surface area contributed by atoms with Crippen LogP contribution >= 0.6 is 0 Å². The number of likely N-dealkylation sites (N-methyl/N-ethyl adjacent to an activating group) is 1. The van der Waals surface area contributed by atoms with Gasteiger partial charge in [-0.25, -0.2) is 9.79 Å². The van der Waals surface area contributed by atoms with E-state index < -0.39 is 5.54 Å². The van der Waals surface area contributed by atoms with E-state index >= 15 is 0 Å². The van der Waals surface area contributed by atoms with Crippen molar-refractivity contribution in [1.29, 1.82) is 0 Å². The summed E-state index contributed by atoms with van der Waals surface area (Å²) in [6.45, 7) is 0. The molecule has 8 nitrogen and oxygen atoms in total. The molecule has 2 aliphatic carbocycles. The van der Waals surface area contributed by atoms with Crippen LogP contribution < -0.4 is 21.3 Å². The summed E-state index contributed by atoms with van der Waals surface area (Å²) in [6.07, 6.45) is 12.9. The topological polar surface area (TPSA) is 103 Å². The highest BCUT2D eigenvalue weighted by molar-refractivity contribution is 6.06. The Morgan fingerprint density at radius 2 is 1.78 bits per heavy atom. The first kappa shape index (κ1) is 26.3. The summed E-state index contributed by atoms with van der Waals surface area (Å²) in [4.78, 5) is 34.4. The minimum atomic E-state index is -0.737. The Balaban J connectivity index is 1.35. The second-order valence-electron chi connectivity index (χ2n) is 11.4. The molecule has 4 N–H and O–H groups in total. The van der Waals surface area contributed by atoms with Gasteiger partial charge in [0.1, 0.15) is 5.54 Å². The number of nitrogens with two attached hydrogens (primary N) is 1. The molecule has 1 heterocycles. The van der Waals surface area contributed by atoms with Gasteiger partial charge in [-0.15, -0.1) is 0 Å². The van der Waals surface area contributed by atoms with Gasteiger partial charge in [0, 0.05) is 38.6 Å². The van der Waals surface area contributed by atoms with Crippen molar-refractivity contribution >= 4 is 29.3 Å². The van der Waals surface area contributed by atoms with Crippen LogP contribution in [0.5, 0.6) is 0 Å². The first-order valence-corrected chi connectivity index (χ1v) is 13.7. The number of guanidine groups is 1. The van der Waals surface area contributed by atoms with Crippen LogP contribution in [0.3, 0.4) is 0 Å². The number of hydrogen-bond donors (Lipinski definition) is 3. The molecule has 2 fully saturated rings. The SMILES string of the molecule is CN1C(=O)[C@@](CCC2CCCCC2)(C[C@H]2CCC[C@@H](NC(=O)Nc3ccc(N(C)C)cc3)C2)N=C1N. The third-order valence-electron chi connectivity index (χ3n) is 8.45. The van der Waals surface area contributed by atoms with Gasteiger partial charge >= 0.3 is 6.03 Å². The zero-order valence-electron chi connectivity index (χ0n) is 22.3. The molecule has 3 aliphatic rings. The predicted molar refractivity (Wildman–Crippen MR) is 146 cm³/mol. The van der Waals surface area contributed by atoms with Crippen molar-refractivity contribution in [3.8, 4) is 0 Å². The zero-order valence-corrected chi connectivity index (χ0v) is 22.3. The van der Waals surface area contributed by atoms with Gasteiger partial charge in [-0.1, -0.05) is 44.9 Å². The number of urea groups is 1. The summed E-state index contributed by atoms with van der Waals surface area (Å²) < 4.78 is 0. The van der Waals surface area contributed by atoms with Gasteiger partial charge in [-0.3, -0.25) is 9.69 Å². The lowest BCUT2D eigenvalue weighted by Gasteiger charge is -2.35. The van der Waals surface area contributed by atoms with E-state index in [0.29, 0.717) is 17.8 Å². The van der Waals surface area contributed by atoms with Crippen LogP contribution in [-0.2, 0) is 4.79 Å². The Labute approximate surface area is 216 Å². The third kappa shape index (κ3) is 6.31. The molecule has 0 saturated heterocycles. The second kappa shape index (κ2) is 11.5. The van der Waals surface area contributed by atoms with Crippen molar-refractivity contribution in [2.75, 3.05) is 31.4 Å². The van der Waals surface area contributed by atoms with Crippen LogP contribution in [0.4, 0.5) is 16.2 Å². The van der Waals surface area contributed by atoms with E-state index in [-0.39, 0.29) is 18.0 Å². The van der Waals surface area contributed by atoms with Crippen molar-refractivity contribution in [1.82, 2.24) is 10.2 Å². The number of hydrogen-bond acceptors (Lipinski definition) is 5. The van der Waals surface area contributed by atoms with Crippen LogP contribution in [0.2, 0.25) is 0 Å². The maximum atomic E-state index is 13.4. The summed E-state index contributed by atoms with van der Waals surface area (Å²) >= 11 is 0. The van der Waals surface area contributed by atoms with Crippen molar-refractivity contribution in [3.63, 3.8) is 0 Å². The molecule has 36 heavy (non-hydrogen) atoms. The molecule has 1 aliphatic heterocycles. The van der Waals surface area contributed by atoms with E-state index in [1.165, 1.54) is 37.0 Å². The molecule has 198 valence electrons. The van der Waals surface area contributed by atoms with Crippen LogP contribution in [0, 0.1) is 11.8 Å². The zero-order chi connectivity index (χ0) is 25.7. The van der Waals surface area contributed by atoms with Gasteiger partial charge in [-0.05, 0) is 68.2 Å². The highest BCUT2D eigenvalue weighted by atomic mass is 16.2. The normalized spacial score (nSPS) is 27.0. The molecule has 0 radical (unpaired) electrons. The summed E-state index contributed by atoms with van der Waals surface area (Å²) in [5.41, 5.74) is 7.26. The summed E-state index contributed by atoms with van der Waals surface area (Å²) in [7, 11) is 5.72. The molecule has 1 aromatic carbocycles. The lowest BCUT2D eigenvalue weighted by atomic mass is 9.74. The molecular formula is C28H44N6O2. The number of anilines is 2. The molecule has 3 amide bonds. The maximum absolute atomic E-state index is 13.4. The summed E-state index contributed by atoms with van der Waals surface area (Å²) in [6, 6.07) is 7.72. The third-order valence-corrected chi connectivity index (χ3v) is 8.45. The highest BCUT2D eigenvalue weighted by Crippen LogP contribution is 2.40. The number of carbonyl (C=O) groups is 2. The quantitative estimate of drug-likeness (QED) is 0.485. The lowest BCUT2D eigenvalue weighted by molar-refractivity contribution is -0.131. The fraction of sp³-hybridized carbons (Fsp3) is 0.679. The Morgan fingerprint density at radius 3 is 2.42 bits per heavy atom. The van der Waals surface area contributed by atoms with Gasteiger partial charge in [0.25, 0.3) is 5.91 Å². The minimum Gasteiger partial charge on any atom is -0.378 e.